The van der Waals surface area contributed by atoms with Crippen molar-refractivity contribution in [3.05, 3.63) is 54.0 Å². The van der Waals surface area contributed by atoms with Crippen LogP contribution in [0.3, 0.4) is 0 Å². The predicted molar refractivity (Wildman–Crippen MR) is 66.9 cm³/mol. The van der Waals surface area contributed by atoms with Crippen molar-refractivity contribution in [1.82, 2.24) is 0 Å². The maximum absolute atomic E-state index is 8.59. The Morgan fingerprint density at radius 2 is 2.06 bits per heavy atom. The molecule has 92 valence electrons. The number of hydrogen-bond donors (Lipinski definition) is 1. The zero-order chi connectivity index (χ0) is 12.8. The van der Waals surface area contributed by atoms with E-state index < -0.39 is 0 Å². The highest BCUT2D eigenvalue weighted by molar-refractivity contribution is 5.29. The summed E-state index contributed by atoms with van der Waals surface area (Å²) in [6, 6.07) is 13.1. The lowest BCUT2D eigenvalue weighted by atomic mass is 10.1. The van der Waals surface area contributed by atoms with Gasteiger partial charge in [-0.1, -0.05) is 12.1 Å². The highest BCUT2D eigenvalue weighted by Gasteiger charge is 2.14. The fraction of sp³-hybridized carbons (Fsp3) is 0.214. The highest BCUT2D eigenvalue weighted by Crippen LogP contribution is 2.22. The van der Waals surface area contributed by atoms with Crippen molar-refractivity contribution in [3.8, 4) is 11.8 Å². The average molecular weight is 242 g/mol. The van der Waals surface area contributed by atoms with Crippen LogP contribution in [0.15, 0.2) is 47.1 Å². The summed E-state index contributed by atoms with van der Waals surface area (Å²) >= 11 is 0. The SMILES string of the molecule is N#CCc1ccc(OC(CN)c2ccco2)cc1. The van der Waals surface area contributed by atoms with Crippen LogP contribution in [0.2, 0.25) is 0 Å². The normalized spacial score (nSPS) is 11.8. The molecule has 2 N–H and O–H groups in total. The van der Waals surface area contributed by atoms with Crippen molar-refractivity contribution in [3.63, 3.8) is 0 Å². The second kappa shape index (κ2) is 5.89. The molecule has 0 amide bonds. The summed E-state index contributed by atoms with van der Waals surface area (Å²) in [4.78, 5) is 0. The third-order valence-electron chi connectivity index (χ3n) is 2.56. The number of nitrogens with two attached hydrogens (primary N) is 1. The highest BCUT2D eigenvalue weighted by atomic mass is 16.5. The Kier molecular flexibility index (Phi) is 4.00. The van der Waals surface area contributed by atoms with E-state index in [2.05, 4.69) is 6.07 Å². The van der Waals surface area contributed by atoms with Gasteiger partial charge in [0.05, 0.1) is 18.8 Å². The number of furan rings is 1. The Morgan fingerprint density at radius 1 is 1.28 bits per heavy atom. The molecule has 0 spiro atoms. The van der Waals surface area contributed by atoms with E-state index in [1.54, 1.807) is 12.3 Å². The molecule has 2 aromatic rings. The quantitative estimate of drug-likeness (QED) is 0.873. The van der Waals surface area contributed by atoms with Gasteiger partial charge in [-0.3, -0.25) is 0 Å². The first-order valence-corrected chi connectivity index (χ1v) is 5.69. The standard InChI is InChI=1S/C14H14N2O2/c15-8-7-11-3-5-12(6-4-11)18-14(10-16)13-2-1-9-17-13/h1-6,9,14H,7,10,16H2. The first kappa shape index (κ1) is 12.2. The van der Waals surface area contributed by atoms with E-state index in [1.807, 2.05) is 30.3 Å². The molecule has 4 heteroatoms. The number of ether oxygens (including phenoxy) is 1. The van der Waals surface area contributed by atoms with Gasteiger partial charge in [0.25, 0.3) is 0 Å². The Morgan fingerprint density at radius 3 is 2.61 bits per heavy atom. The number of rotatable bonds is 5. The summed E-state index contributed by atoms with van der Waals surface area (Å²) in [5.74, 6) is 1.42. The fourth-order valence-electron chi connectivity index (χ4n) is 1.64. The van der Waals surface area contributed by atoms with Gasteiger partial charge in [-0.05, 0) is 29.8 Å². The maximum atomic E-state index is 8.59. The lowest BCUT2D eigenvalue weighted by molar-refractivity contribution is 0.184. The van der Waals surface area contributed by atoms with Crippen molar-refractivity contribution in [2.45, 2.75) is 12.5 Å². The summed E-state index contributed by atoms with van der Waals surface area (Å²) < 4.78 is 11.0. The van der Waals surface area contributed by atoms with Crippen molar-refractivity contribution in [2.75, 3.05) is 6.54 Å². The van der Waals surface area contributed by atoms with Crippen molar-refractivity contribution < 1.29 is 9.15 Å². The van der Waals surface area contributed by atoms with Crippen LogP contribution in [0.5, 0.6) is 5.75 Å². The molecule has 0 aliphatic rings. The molecule has 4 nitrogen and oxygen atoms in total. The molecule has 0 aliphatic carbocycles. The molecular weight excluding hydrogens is 228 g/mol. The summed E-state index contributed by atoms with van der Waals surface area (Å²) in [6.45, 7) is 0.341. The molecule has 0 bridgehead atoms. The van der Waals surface area contributed by atoms with Crippen LogP contribution in [0.1, 0.15) is 17.4 Å². The molecule has 1 atom stereocenters. The maximum Gasteiger partial charge on any atom is 0.168 e. The monoisotopic (exact) mass is 242 g/mol. The molecule has 2 rings (SSSR count). The largest absolute Gasteiger partial charge is 0.481 e. The van der Waals surface area contributed by atoms with E-state index in [0.29, 0.717) is 24.5 Å². The van der Waals surface area contributed by atoms with Crippen LogP contribution >= 0.6 is 0 Å². The minimum Gasteiger partial charge on any atom is -0.481 e. The van der Waals surface area contributed by atoms with Gasteiger partial charge >= 0.3 is 0 Å². The molecule has 1 aromatic carbocycles. The van der Waals surface area contributed by atoms with Gasteiger partial charge < -0.3 is 14.9 Å². The second-order valence-electron chi connectivity index (χ2n) is 3.84. The minimum absolute atomic E-state index is 0.290. The van der Waals surface area contributed by atoms with Gasteiger partial charge in [-0.2, -0.15) is 5.26 Å². The van der Waals surface area contributed by atoms with E-state index in [9.17, 15) is 0 Å². The van der Waals surface area contributed by atoms with E-state index in [4.69, 9.17) is 20.1 Å². The fourth-order valence-corrected chi connectivity index (χ4v) is 1.64. The van der Waals surface area contributed by atoms with Gasteiger partial charge in [0.15, 0.2) is 6.10 Å². The smallest absolute Gasteiger partial charge is 0.168 e. The van der Waals surface area contributed by atoms with Crippen molar-refractivity contribution in [2.24, 2.45) is 5.73 Å². The third kappa shape index (κ3) is 2.90. The van der Waals surface area contributed by atoms with Crippen molar-refractivity contribution >= 4 is 0 Å². The summed E-state index contributed by atoms with van der Waals surface area (Å²) in [7, 11) is 0. The molecule has 0 saturated carbocycles. The predicted octanol–water partition coefficient (Wildman–Crippen LogP) is 2.42. The summed E-state index contributed by atoms with van der Waals surface area (Å²) in [5, 5.41) is 8.59. The molecule has 0 fully saturated rings. The van der Waals surface area contributed by atoms with Crippen molar-refractivity contribution in [1.29, 1.82) is 5.26 Å². The van der Waals surface area contributed by atoms with Gasteiger partial charge in [0.1, 0.15) is 11.5 Å². The van der Waals surface area contributed by atoms with Crippen LogP contribution < -0.4 is 10.5 Å². The Balaban J connectivity index is 2.06. The summed E-state index contributed by atoms with van der Waals surface area (Å²) in [6.07, 6.45) is 1.71. The van der Waals surface area contributed by atoms with Crippen LogP contribution in [0, 0.1) is 11.3 Å². The molecule has 1 heterocycles. The van der Waals surface area contributed by atoms with E-state index in [-0.39, 0.29) is 6.10 Å². The lowest BCUT2D eigenvalue weighted by Crippen LogP contribution is -2.17. The second-order valence-corrected chi connectivity index (χ2v) is 3.84. The van der Waals surface area contributed by atoms with Gasteiger partial charge in [0, 0.05) is 6.54 Å². The first-order chi connectivity index (χ1) is 8.83. The molecule has 1 aromatic heterocycles. The number of nitrogens with zero attached hydrogens (tertiary/aromatic N) is 1. The molecule has 0 aliphatic heterocycles. The Labute approximate surface area is 106 Å². The molecule has 0 saturated heterocycles. The molecule has 18 heavy (non-hydrogen) atoms. The summed E-state index contributed by atoms with van der Waals surface area (Å²) in [5.41, 5.74) is 6.63. The lowest BCUT2D eigenvalue weighted by Gasteiger charge is -2.15. The molecular formula is C14H14N2O2. The van der Waals surface area contributed by atoms with Gasteiger partial charge in [-0.15, -0.1) is 0 Å². The number of nitriles is 1. The zero-order valence-corrected chi connectivity index (χ0v) is 9.87. The average Bonchev–Trinajstić information content (AvgIpc) is 2.92. The van der Waals surface area contributed by atoms with Gasteiger partial charge in [-0.25, -0.2) is 0 Å². The van der Waals surface area contributed by atoms with Gasteiger partial charge in [0.2, 0.25) is 0 Å². The Hall–Kier alpha value is -2.25. The van der Waals surface area contributed by atoms with E-state index >= 15 is 0 Å². The molecule has 1 unspecified atom stereocenters. The Bertz CT molecular complexity index is 512. The van der Waals surface area contributed by atoms with Crippen LogP contribution in [-0.2, 0) is 6.42 Å². The first-order valence-electron chi connectivity index (χ1n) is 5.69. The number of hydrogen-bond acceptors (Lipinski definition) is 4. The molecule has 0 radical (unpaired) electrons. The minimum atomic E-state index is -0.290. The third-order valence-corrected chi connectivity index (χ3v) is 2.56. The van der Waals surface area contributed by atoms with E-state index in [1.165, 1.54) is 0 Å². The number of benzene rings is 1. The van der Waals surface area contributed by atoms with Crippen LogP contribution in [0.25, 0.3) is 0 Å². The zero-order valence-electron chi connectivity index (χ0n) is 9.87. The van der Waals surface area contributed by atoms with Crippen LogP contribution in [0.4, 0.5) is 0 Å². The topological polar surface area (TPSA) is 72.2 Å². The van der Waals surface area contributed by atoms with Crippen LogP contribution in [-0.4, -0.2) is 6.54 Å². The van der Waals surface area contributed by atoms with E-state index in [0.717, 1.165) is 5.56 Å².